The maximum Gasteiger partial charge on any atom is 0.261 e. The second-order valence-electron chi connectivity index (χ2n) is 7.61. The first-order valence-corrected chi connectivity index (χ1v) is 12.1. The molecule has 3 N–H and O–H groups in total. The maximum absolute atomic E-state index is 12.6. The summed E-state index contributed by atoms with van der Waals surface area (Å²) in [5.41, 5.74) is 1.29. The second kappa shape index (κ2) is 10.8. The number of nitrogens with one attached hydrogen (secondary N) is 3. The number of anilines is 2. The molecule has 0 aliphatic rings. The fourth-order valence-corrected chi connectivity index (χ4v) is 3.89. The Morgan fingerprint density at radius 3 is 2.18 bits per heavy atom. The number of nitrogens with zero attached hydrogens (tertiary/aromatic N) is 1. The van der Waals surface area contributed by atoms with E-state index in [9.17, 15) is 18.0 Å². The van der Waals surface area contributed by atoms with Crippen LogP contribution in [0.1, 0.15) is 37.6 Å². The van der Waals surface area contributed by atoms with E-state index in [0.29, 0.717) is 28.6 Å². The Morgan fingerprint density at radius 1 is 0.971 bits per heavy atom. The molecule has 3 aromatic rings. The number of benzene rings is 2. The van der Waals surface area contributed by atoms with E-state index in [1.54, 1.807) is 36.4 Å². The van der Waals surface area contributed by atoms with Crippen molar-refractivity contribution < 1.29 is 22.7 Å². The number of sulfonamides is 1. The number of amides is 2. The Hall–Kier alpha value is -3.92. The number of aromatic nitrogens is 1. The molecule has 0 saturated carbocycles. The van der Waals surface area contributed by atoms with E-state index in [2.05, 4.69) is 20.3 Å². The van der Waals surface area contributed by atoms with Crippen LogP contribution < -0.4 is 20.1 Å². The van der Waals surface area contributed by atoms with Gasteiger partial charge in [-0.3, -0.25) is 14.3 Å². The lowest BCUT2D eigenvalue weighted by molar-refractivity contribution is -0.114. The zero-order valence-corrected chi connectivity index (χ0v) is 19.8. The first-order valence-electron chi connectivity index (χ1n) is 10.6. The standard InChI is InChI=1S/C24H26N4O5S/c1-4-16(2)26-24(30)18-5-14-23(25-15-18)33-21-10-6-20(7-11-21)28-34(31,32)22-12-8-19(9-13-22)27-17(3)29/h5-16,28H,4H2,1-3H3,(H,26,30)(H,27,29). The smallest absolute Gasteiger partial charge is 0.261 e. The van der Waals surface area contributed by atoms with Crippen LogP contribution in [0.5, 0.6) is 11.6 Å². The molecule has 0 aliphatic carbocycles. The van der Waals surface area contributed by atoms with Crippen molar-refractivity contribution in [3.05, 3.63) is 72.4 Å². The average Bonchev–Trinajstić information content (AvgIpc) is 2.80. The minimum absolute atomic E-state index is 0.0589. The van der Waals surface area contributed by atoms with Crippen molar-refractivity contribution in [2.75, 3.05) is 10.0 Å². The van der Waals surface area contributed by atoms with Crippen LogP contribution in [-0.2, 0) is 14.8 Å². The molecule has 178 valence electrons. The molecule has 2 aromatic carbocycles. The van der Waals surface area contributed by atoms with Gasteiger partial charge in [-0.25, -0.2) is 13.4 Å². The molecule has 0 fully saturated rings. The maximum atomic E-state index is 12.6. The summed E-state index contributed by atoms with van der Waals surface area (Å²) in [6, 6.07) is 15.4. The monoisotopic (exact) mass is 482 g/mol. The molecular weight excluding hydrogens is 456 g/mol. The Morgan fingerprint density at radius 2 is 1.62 bits per heavy atom. The minimum atomic E-state index is -3.81. The highest BCUT2D eigenvalue weighted by molar-refractivity contribution is 7.92. The van der Waals surface area contributed by atoms with Crippen LogP contribution >= 0.6 is 0 Å². The van der Waals surface area contributed by atoms with E-state index >= 15 is 0 Å². The largest absolute Gasteiger partial charge is 0.439 e. The molecule has 0 spiro atoms. The van der Waals surface area contributed by atoms with E-state index < -0.39 is 10.0 Å². The summed E-state index contributed by atoms with van der Waals surface area (Å²) in [5.74, 6) is 0.309. The van der Waals surface area contributed by atoms with Gasteiger partial charge in [0.1, 0.15) is 5.75 Å². The van der Waals surface area contributed by atoms with Crippen LogP contribution in [0.2, 0.25) is 0 Å². The van der Waals surface area contributed by atoms with Gasteiger partial charge in [0, 0.05) is 36.6 Å². The highest BCUT2D eigenvalue weighted by atomic mass is 32.2. The van der Waals surface area contributed by atoms with E-state index in [1.807, 2.05) is 13.8 Å². The van der Waals surface area contributed by atoms with E-state index in [1.165, 1.54) is 37.4 Å². The van der Waals surface area contributed by atoms with Crippen LogP contribution in [0.15, 0.2) is 71.8 Å². The molecule has 1 aromatic heterocycles. The summed E-state index contributed by atoms with van der Waals surface area (Å²) in [6.45, 7) is 5.29. The topological polar surface area (TPSA) is 126 Å². The Bertz CT molecular complexity index is 1240. The van der Waals surface area contributed by atoms with Gasteiger partial charge in [-0.15, -0.1) is 0 Å². The van der Waals surface area contributed by atoms with Crippen LogP contribution in [0.25, 0.3) is 0 Å². The van der Waals surface area contributed by atoms with Crippen LogP contribution in [-0.4, -0.2) is 31.3 Å². The second-order valence-corrected chi connectivity index (χ2v) is 9.29. The first-order chi connectivity index (χ1) is 16.2. The summed E-state index contributed by atoms with van der Waals surface area (Å²) in [5, 5.41) is 5.45. The fourth-order valence-electron chi connectivity index (χ4n) is 2.83. The van der Waals surface area contributed by atoms with Gasteiger partial charge in [0.25, 0.3) is 15.9 Å². The number of ether oxygens (including phenoxy) is 1. The lowest BCUT2D eigenvalue weighted by atomic mass is 10.2. The molecule has 10 heteroatoms. The number of pyridine rings is 1. The first kappa shape index (κ1) is 24.7. The summed E-state index contributed by atoms with van der Waals surface area (Å²) < 4.78 is 33.4. The number of carbonyl (C=O) groups is 2. The van der Waals surface area contributed by atoms with Crippen molar-refractivity contribution in [3.8, 4) is 11.6 Å². The number of rotatable bonds is 9. The van der Waals surface area contributed by atoms with Gasteiger partial charge in [-0.2, -0.15) is 0 Å². The number of hydrogen-bond donors (Lipinski definition) is 3. The van der Waals surface area contributed by atoms with E-state index in [4.69, 9.17) is 4.74 Å². The lowest BCUT2D eigenvalue weighted by Crippen LogP contribution is -2.31. The molecule has 0 aliphatic heterocycles. The van der Waals surface area contributed by atoms with E-state index in [0.717, 1.165) is 6.42 Å². The SMILES string of the molecule is CCC(C)NC(=O)c1ccc(Oc2ccc(NS(=O)(=O)c3ccc(NC(C)=O)cc3)cc2)nc1. The van der Waals surface area contributed by atoms with E-state index in [-0.39, 0.29) is 22.8 Å². The number of hydrogen-bond acceptors (Lipinski definition) is 6. The molecule has 1 atom stereocenters. The van der Waals surface area contributed by atoms with Crippen LogP contribution in [0.4, 0.5) is 11.4 Å². The molecule has 34 heavy (non-hydrogen) atoms. The van der Waals surface area contributed by atoms with Crippen molar-refractivity contribution >= 4 is 33.2 Å². The third-order valence-corrected chi connectivity index (χ3v) is 6.20. The Balaban J connectivity index is 1.61. The predicted molar refractivity (Wildman–Crippen MR) is 130 cm³/mol. The highest BCUT2D eigenvalue weighted by Crippen LogP contribution is 2.24. The van der Waals surface area contributed by atoms with Crippen LogP contribution in [0, 0.1) is 0 Å². The molecule has 0 radical (unpaired) electrons. The summed E-state index contributed by atoms with van der Waals surface area (Å²) >= 11 is 0. The molecule has 3 rings (SSSR count). The summed E-state index contributed by atoms with van der Waals surface area (Å²) in [7, 11) is -3.81. The van der Waals surface area contributed by atoms with Gasteiger partial charge in [0.05, 0.1) is 10.5 Å². The summed E-state index contributed by atoms with van der Waals surface area (Å²) in [6.07, 6.45) is 2.27. The molecular formula is C24H26N4O5S. The third kappa shape index (κ3) is 6.79. The minimum Gasteiger partial charge on any atom is -0.439 e. The summed E-state index contributed by atoms with van der Waals surface area (Å²) in [4.78, 5) is 27.4. The normalized spacial score (nSPS) is 11.9. The molecule has 0 saturated heterocycles. The molecule has 2 amide bonds. The highest BCUT2D eigenvalue weighted by Gasteiger charge is 2.15. The van der Waals surface area contributed by atoms with Gasteiger partial charge in [-0.05, 0) is 67.9 Å². The van der Waals surface area contributed by atoms with Gasteiger partial charge >= 0.3 is 0 Å². The van der Waals surface area contributed by atoms with Crippen molar-refractivity contribution in [3.63, 3.8) is 0 Å². The molecule has 0 bridgehead atoms. The Labute approximate surface area is 198 Å². The zero-order valence-electron chi connectivity index (χ0n) is 19.0. The molecule has 1 unspecified atom stereocenters. The lowest BCUT2D eigenvalue weighted by Gasteiger charge is -2.12. The van der Waals surface area contributed by atoms with Crippen molar-refractivity contribution in [2.24, 2.45) is 0 Å². The Kier molecular flexibility index (Phi) is 7.85. The fraction of sp³-hybridized carbons (Fsp3) is 0.208. The van der Waals surface area contributed by atoms with Crippen LogP contribution in [0.3, 0.4) is 0 Å². The quantitative estimate of drug-likeness (QED) is 0.420. The van der Waals surface area contributed by atoms with Crippen molar-refractivity contribution in [1.82, 2.24) is 10.3 Å². The zero-order chi connectivity index (χ0) is 24.7. The van der Waals surface area contributed by atoms with Gasteiger partial charge in [0.2, 0.25) is 11.8 Å². The third-order valence-electron chi connectivity index (χ3n) is 4.80. The van der Waals surface area contributed by atoms with Gasteiger partial charge < -0.3 is 15.4 Å². The van der Waals surface area contributed by atoms with Crippen molar-refractivity contribution in [1.29, 1.82) is 0 Å². The van der Waals surface area contributed by atoms with Crippen molar-refractivity contribution in [2.45, 2.75) is 38.1 Å². The molecule has 1 heterocycles. The van der Waals surface area contributed by atoms with Gasteiger partial charge in [-0.1, -0.05) is 6.92 Å². The average molecular weight is 483 g/mol. The molecule has 9 nitrogen and oxygen atoms in total. The predicted octanol–water partition coefficient (Wildman–Crippen LogP) is 4.16. The van der Waals surface area contributed by atoms with Gasteiger partial charge in [0.15, 0.2) is 0 Å². The number of carbonyl (C=O) groups excluding carboxylic acids is 2.